The van der Waals surface area contributed by atoms with Crippen LogP contribution in [-0.4, -0.2) is 67.4 Å². The van der Waals surface area contributed by atoms with Crippen molar-refractivity contribution in [1.82, 2.24) is 14.9 Å². The van der Waals surface area contributed by atoms with Gasteiger partial charge in [-0.15, -0.1) is 0 Å². The van der Waals surface area contributed by atoms with E-state index in [1.165, 1.54) is 12.1 Å². The average Bonchev–Trinajstić information content (AvgIpc) is 2.74. The third-order valence-electron chi connectivity index (χ3n) is 5.48. The first-order valence-corrected chi connectivity index (χ1v) is 10.2. The van der Waals surface area contributed by atoms with Crippen LogP contribution >= 0.6 is 0 Å². The van der Waals surface area contributed by atoms with Crippen molar-refractivity contribution in [2.24, 2.45) is 0 Å². The number of anilines is 2. The Labute approximate surface area is 174 Å². The van der Waals surface area contributed by atoms with Crippen LogP contribution in [0, 0.1) is 6.92 Å². The van der Waals surface area contributed by atoms with Crippen LogP contribution < -0.4 is 9.80 Å². The Hall–Kier alpha value is -2.39. The quantitative estimate of drug-likeness (QED) is 0.757. The monoisotopic (exact) mass is 421 g/mol. The van der Waals surface area contributed by atoms with E-state index < -0.39 is 11.7 Å². The predicted octanol–water partition coefficient (Wildman–Crippen LogP) is 2.96. The molecular formula is C21H26F3N5O. The van der Waals surface area contributed by atoms with Gasteiger partial charge in [0.1, 0.15) is 5.82 Å². The van der Waals surface area contributed by atoms with Crippen LogP contribution in [-0.2, 0) is 17.5 Å². The minimum atomic E-state index is -4.31. The summed E-state index contributed by atoms with van der Waals surface area (Å²) in [6, 6.07) is 7.58. The summed E-state index contributed by atoms with van der Waals surface area (Å²) in [5.74, 6) is 1.64. The number of nitrogens with zero attached hydrogens (tertiary/aromatic N) is 5. The van der Waals surface area contributed by atoms with Gasteiger partial charge in [0.15, 0.2) is 0 Å². The molecule has 9 heteroatoms. The SMILES string of the molecule is Cc1cc(N2CCOCC2)nc(N2CCN(Cc3cccc(C(F)(F)F)c3)CC2)n1. The number of halogens is 3. The number of ether oxygens (including phenoxy) is 1. The first kappa shape index (κ1) is 20.9. The highest BCUT2D eigenvalue weighted by atomic mass is 19.4. The van der Waals surface area contributed by atoms with Gasteiger partial charge in [-0.3, -0.25) is 4.90 Å². The highest BCUT2D eigenvalue weighted by molar-refractivity contribution is 5.46. The Morgan fingerprint density at radius 3 is 2.37 bits per heavy atom. The third-order valence-corrected chi connectivity index (χ3v) is 5.48. The highest BCUT2D eigenvalue weighted by Gasteiger charge is 2.30. The van der Waals surface area contributed by atoms with E-state index in [0.717, 1.165) is 62.8 Å². The van der Waals surface area contributed by atoms with Crippen LogP contribution in [0.2, 0.25) is 0 Å². The fraction of sp³-hybridized carbons (Fsp3) is 0.524. The maximum Gasteiger partial charge on any atom is 0.416 e. The smallest absolute Gasteiger partial charge is 0.378 e. The van der Waals surface area contributed by atoms with Crippen molar-refractivity contribution in [3.63, 3.8) is 0 Å². The fourth-order valence-electron chi connectivity index (χ4n) is 3.84. The Morgan fingerprint density at radius 1 is 0.933 bits per heavy atom. The number of piperazine rings is 1. The van der Waals surface area contributed by atoms with Crippen molar-refractivity contribution >= 4 is 11.8 Å². The third kappa shape index (κ3) is 5.02. The molecule has 0 saturated carbocycles. The minimum absolute atomic E-state index is 0.505. The number of alkyl halides is 3. The van der Waals surface area contributed by atoms with Gasteiger partial charge < -0.3 is 14.5 Å². The number of aromatic nitrogens is 2. The van der Waals surface area contributed by atoms with Gasteiger partial charge in [0.05, 0.1) is 18.8 Å². The Kier molecular flexibility index (Phi) is 6.10. The zero-order valence-electron chi connectivity index (χ0n) is 17.0. The molecule has 0 amide bonds. The average molecular weight is 421 g/mol. The second-order valence-electron chi connectivity index (χ2n) is 7.73. The summed E-state index contributed by atoms with van der Waals surface area (Å²) in [6.07, 6.45) is -4.31. The molecule has 6 nitrogen and oxygen atoms in total. The van der Waals surface area contributed by atoms with E-state index >= 15 is 0 Å². The molecule has 1 aromatic carbocycles. The molecule has 0 aliphatic carbocycles. The lowest BCUT2D eigenvalue weighted by atomic mass is 10.1. The van der Waals surface area contributed by atoms with Gasteiger partial charge in [0.25, 0.3) is 0 Å². The van der Waals surface area contributed by atoms with Gasteiger partial charge in [-0.2, -0.15) is 18.2 Å². The maximum atomic E-state index is 12.9. The molecule has 0 bridgehead atoms. The second kappa shape index (κ2) is 8.77. The van der Waals surface area contributed by atoms with E-state index in [4.69, 9.17) is 9.72 Å². The lowest BCUT2D eigenvalue weighted by Crippen LogP contribution is -2.46. The molecule has 162 valence electrons. The van der Waals surface area contributed by atoms with Crippen molar-refractivity contribution in [2.45, 2.75) is 19.6 Å². The zero-order valence-corrected chi connectivity index (χ0v) is 17.0. The Morgan fingerprint density at radius 2 is 1.67 bits per heavy atom. The summed E-state index contributed by atoms with van der Waals surface area (Å²) in [6.45, 7) is 8.50. The predicted molar refractivity (Wildman–Crippen MR) is 109 cm³/mol. The molecule has 0 atom stereocenters. The van der Waals surface area contributed by atoms with E-state index in [1.54, 1.807) is 6.07 Å². The molecule has 0 unspecified atom stereocenters. The molecule has 2 aliphatic rings. The van der Waals surface area contributed by atoms with Gasteiger partial charge in [-0.05, 0) is 18.6 Å². The van der Waals surface area contributed by atoms with Crippen LogP contribution in [0.1, 0.15) is 16.8 Å². The molecular weight excluding hydrogens is 395 g/mol. The van der Waals surface area contributed by atoms with Gasteiger partial charge in [-0.25, -0.2) is 4.98 Å². The molecule has 0 radical (unpaired) electrons. The first-order chi connectivity index (χ1) is 14.4. The molecule has 4 rings (SSSR count). The van der Waals surface area contributed by atoms with Crippen LogP contribution in [0.4, 0.5) is 24.9 Å². The van der Waals surface area contributed by atoms with Crippen molar-refractivity contribution in [3.05, 3.63) is 47.2 Å². The topological polar surface area (TPSA) is 44.7 Å². The van der Waals surface area contributed by atoms with Gasteiger partial charge in [-0.1, -0.05) is 18.2 Å². The van der Waals surface area contributed by atoms with Gasteiger partial charge >= 0.3 is 6.18 Å². The van der Waals surface area contributed by atoms with Crippen molar-refractivity contribution < 1.29 is 17.9 Å². The number of hydrogen-bond acceptors (Lipinski definition) is 6. The van der Waals surface area contributed by atoms with E-state index in [9.17, 15) is 13.2 Å². The van der Waals surface area contributed by atoms with E-state index in [-0.39, 0.29) is 0 Å². The molecule has 3 heterocycles. The lowest BCUT2D eigenvalue weighted by Gasteiger charge is -2.35. The summed E-state index contributed by atoms with van der Waals surface area (Å²) in [7, 11) is 0. The summed E-state index contributed by atoms with van der Waals surface area (Å²) in [5.41, 5.74) is 1.01. The van der Waals surface area contributed by atoms with Crippen molar-refractivity contribution in [2.75, 3.05) is 62.3 Å². The minimum Gasteiger partial charge on any atom is -0.378 e. The van der Waals surface area contributed by atoms with Crippen molar-refractivity contribution in [3.8, 4) is 0 Å². The van der Waals surface area contributed by atoms with Crippen LogP contribution in [0.15, 0.2) is 30.3 Å². The summed E-state index contributed by atoms with van der Waals surface area (Å²) >= 11 is 0. The number of aryl methyl sites for hydroxylation is 1. The number of hydrogen-bond donors (Lipinski definition) is 0. The number of rotatable bonds is 4. The largest absolute Gasteiger partial charge is 0.416 e. The molecule has 0 spiro atoms. The number of benzene rings is 1. The standard InChI is InChI=1S/C21H26F3N5O/c1-16-13-19(28-9-11-30-12-10-28)26-20(25-16)29-7-5-27(6-8-29)15-17-3-2-4-18(14-17)21(22,23)24/h2-4,13-14H,5-12,15H2,1H3. The van der Waals surface area contributed by atoms with E-state index in [0.29, 0.717) is 25.3 Å². The molecule has 0 N–H and O–H groups in total. The zero-order chi connectivity index (χ0) is 21.1. The van der Waals surface area contributed by atoms with Gasteiger partial charge in [0, 0.05) is 57.6 Å². The fourth-order valence-corrected chi connectivity index (χ4v) is 3.84. The molecule has 30 heavy (non-hydrogen) atoms. The summed E-state index contributed by atoms with van der Waals surface area (Å²) in [4.78, 5) is 15.9. The molecule has 1 aromatic heterocycles. The van der Waals surface area contributed by atoms with Crippen molar-refractivity contribution in [1.29, 1.82) is 0 Å². The second-order valence-corrected chi connectivity index (χ2v) is 7.73. The Balaban J connectivity index is 1.38. The van der Waals surface area contributed by atoms with Gasteiger partial charge in [0.2, 0.25) is 5.95 Å². The first-order valence-electron chi connectivity index (χ1n) is 10.2. The summed E-state index contributed by atoms with van der Waals surface area (Å²) < 4.78 is 44.2. The van der Waals surface area contributed by atoms with E-state index in [1.807, 2.05) is 13.0 Å². The molecule has 2 aliphatic heterocycles. The maximum absolute atomic E-state index is 12.9. The molecule has 2 aromatic rings. The molecule has 2 saturated heterocycles. The lowest BCUT2D eigenvalue weighted by molar-refractivity contribution is -0.137. The number of morpholine rings is 1. The van der Waals surface area contributed by atoms with E-state index in [2.05, 4.69) is 19.7 Å². The van der Waals surface area contributed by atoms with Crippen LogP contribution in [0.5, 0.6) is 0 Å². The normalized spacial score (nSPS) is 18.7. The molecule has 2 fully saturated rings. The summed E-state index contributed by atoms with van der Waals surface area (Å²) in [5, 5.41) is 0. The van der Waals surface area contributed by atoms with Crippen LogP contribution in [0.3, 0.4) is 0 Å². The Bertz CT molecular complexity index is 862. The van der Waals surface area contributed by atoms with Crippen LogP contribution in [0.25, 0.3) is 0 Å². The highest BCUT2D eigenvalue weighted by Crippen LogP contribution is 2.30.